The molecule has 3 aromatic rings. The fourth-order valence-electron chi connectivity index (χ4n) is 2.22. The largest absolute Gasteiger partial charge is 0.388 e. The summed E-state index contributed by atoms with van der Waals surface area (Å²) in [5, 5.41) is 13.8. The molecule has 0 saturated carbocycles. The molecule has 1 amide bonds. The van der Waals surface area contributed by atoms with E-state index in [0.29, 0.717) is 5.56 Å². The van der Waals surface area contributed by atoms with E-state index in [4.69, 9.17) is 19.4 Å². The quantitative estimate of drug-likeness (QED) is 0.494. The Labute approximate surface area is 183 Å². The van der Waals surface area contributed by atoms with Gasteiger partial charge in [0.05, 0.1) is 23.7 Å². The number of thiazole rings is 1. The van der Waals surface area contributed by atoms with Crippen molar-refractivity contribution >= 4 is 28.1 Å². The molecule has 1 atom stereocenters. The molecule has 0 aliphatic carbocycles. The molecular weight excluding hydrogens is 370 g/mol. The number of aliphatic hydroxyl groups is 1. The Hall–Kier alpha value is -2.70. The molecule has 6 heteroatoms. The van der Waals surface area contributed by atoms with Gasteiger partial charge in [0.2, 0.25) is 5.91 Å². The van der Waals surface area contributed by atoms with Crippen LogP contribution in [0.15, 0.2) is 59.9 Å². The molecule has 146 valence electrons. The Bertz CT molecular complexity index is 1310. The number of nitrogens with two attached hydrogens (primary N) is 1. The third kappa shape index (κ3) is 6.18. The Morgan fingerprint density at radius 2 is 2.00 bits per heavy atom. The summed E-state index contributed by atoms with van der Waals surface area (Å²) in [4.78, 5) is 16.4. The van der Waals surface area contributed by atoms with E-state index < -0.39 is 79.4 Å². The molecule has 1 aromatic heterocycles. The molecule has 0 bridgehead atoms. The predicted molar refractivity (Wildman–Crippen MR) is 114 cm³/mol. The van der Waals surface area contributed by atoms with Gasteiger partial charge in [0.25, 0.3) is 0 Å². The minimum atomic E-state index is -2.71. The van der Waals surface area contributed by atoms with Gasteiger partial charge in [0, 0.05) is 19.3 Å². The average Bonchev–Trinajstić information content (AvgIpc) is 3.31. The summed E-state index contributed by atoms with van der Waals surface area (Å²) in [6.45, 7) is 0. The van der Waals surface area contributed by atoms with Gasteiger partial charge in [-0.15, -0.1) is 11.3 Å². The van der Waals surface area contributed by atoms with Crippen LogP contribution in [0.2, 0.25) is 0 Å². The highest BCUT2D eigenvalue weighted by Crippen LogP contribution is 2.20. The molecule has 3 rings (SSSR count). The van der Waals surface area contributed by atoms with Gasteiger partial charge in [-0.1, -0.05) is 48.8 Å². The number of rotatable bonds is 9. The van der Waals surface area contributed by atoms with Crippen LogP contribution in [-0.4, -0.2) is 16.0 Å². The smallest absolute Gasteiger partial charge is 0.230 e. The number of nitrogens with zero attached hydrogens (tertiary/aromatic N) is 1. The van der Waals surface area contributed by atoms with Gasteiger partial charge >= 0.3 is 0 Å². The van der Waals surface area contributed by atoms with E-state index in [1.807, 2.05) is 0 Å². The van der Waals surface area contributed by atoms with Crippen molar-refractivity contribution in [1.29, 1.82) is 0 Å². The first kappa shape index (κ1) is 10.7. The molecule has 2 aromatic carbocycles. The number of aliphatic hydroxyl groups excluding tert-OH is 1. The van der Waals surface area contributed by atoms with Crippen LogP contribution in [0.4, 0.5) is 10.8 Å². The molecule has 4 N–H and O–H groups in total. The average molecular weight is 406 g/mol. The van der Waals surface area contributed by atoms with Crippen LogP contribution in [0.3, 0.4) is 0 Å². The molecule has 0 spiro atoms. The van der Waals surface area contributed by atoms with Crippen LogP contribution < -0.4 is 11.1 Å². The topological polar surface area (TPSA) is 88.2 Å². The van der Waals surface area contributed by atoms with Crippen molar-refractivity contribution in [3.63, 3.8) is 0 Å². The molecule has 28 heavy (non-hydrogen) atoms. The second-order valence-corrected chi connectivity index (χ2v) is 6.48. The fraction of sp³-hybridized carbons (Fsp3) is 0.273. The summed E-state index contributed by atoms with van der Waals surface area (Å²) < 4.78 is 82.6. The summed E-state index contributed by atoms with van der Waals surface area (Å²) in [5.41, 5.74) is 4.20. The van der Waals surface area contributed by atoms with E-state index in [1.165, 1.54) is 17.5 Å². The van der Waals surface area contributed by atoms with Gasteiger partial charge < -0.3 is 16.2 Å². The Morgan fingerprint density at radius 1 is 1.25 bits per heavy atom. The van der Waals surface area contributed by atoms with Crippen molar-refractivity contribution in [3.8, 4) is 0 Å². The number of amides is 1. The van der Waals surface area contributed by atoms with E-state index in [0.717, 1.165) is 11.3 Å². The fourth-order valence-corrected chi connectivity index (χ4v) is 2.71. The van der Waals surface area contributed by atoms with Crippen LogP contribution in [0.5, 0.6) is 0 Å². The number of aromatic nitrogens is 1. The highest BCUT2D eigenvalue weighted by Gasteiger charge is 2.08. The van der Waals surface area contributed by atoms with E-state index >= 15 is 0 Å². The van der Waals surface area contributed by atoms with E-state index in [1.54, 1.807) is 18.2 Å². The first-order chi connectivity index (χ1) is 17.5. The minimum Gasteiger partial charge on any atom is -0.388 e. The third-order valence-corrected chi connectivity index (χ3v) is 4.18. The molecule has 0 saturated heterocycles. The molecular formula is C22H25N3O2S. The molecule has 5 nitrogen and oxygen atoms in total. The number of benzene rings is 2. The lowest BCUT2D eigenvalue weighted by Gasteiger charge is -2.10. The van der Waals surface area contributed by atoms with Crippen molar-refractivity contribution in [3.05, 3.63) is 76.7 Å². The Kier molecular flexibility index (Phi) is 3.84. The zero-order chi connectivity index (χ0) is 28.6. The lowest BCUT2D eigenvalue weighted by Crippen LogP contribution is -2.14. The zero-order valence-electron chi connectivity index (χ0n) is 24.7. The maximum Gasteiger partial charge on any atom is 0.230 e. The molecule has 0 radical (unpaired) electrons. The number of carbonyl (C=O) groups is 1. The molecule has 0 aliphatic heterocycles. The van der Waals surface area contributed by atoms with Crippen LogP contribution >= 0.6 is 11.3 Å². The van der Waals surface area contributed by atoms with Gasteiger partial charge in [-0.25, -0.2) is 4.98 Å². The number of hydrogen-bond acceptors (Lipinski definition) is 5. The standard InChI is InChI=1S/C22H25N3O2S/c23-22-25-19(15-28-22)14-21(27)24-18-12-10-16(11-13-18)6-4-5-9-20(26)17-7-2-1-3-8-17/h1-3,7-8,10-13,15,20,26H,4-6,9,14H2,(H2,23,25)(H,24,27)/t20-/m0/s1/i6D2,9D2,10D,11D,12D,13D,14D2. The summed E-state index contributed by atoms with van der Waals surface area (Å²) >= 11 is 0.906. The van der Waals surface area contributed by atoms with E-state index in [2.05, 4.69) is 10.3 Å². The second kappa shape index (κ2) is 10.0. The molecule has 0 aliphatic rings. The van der Waals surface area contributed by atoms with E-state index in [9.17, 15) is 9.90 Å². The van der Waals surface area contributed by atoms with Gasteiger partial charge in [-0.2, -0.15) is 0 Å². The van der Waals surface area contributed by atoms with E-state index in [-0.39, 0.29) is 10.8 Å². The summed E-state index contributed by atoms with van der Waals surface area (Å²) in [7, 11) is 0. The number of nitrogens with one attached hydrogen (secondary N) is 1. The Balaban J connectivity index is 1.88. The van der Waals surface area contributed by atoms with Gasteiger partial charge in [-0.05, 0) is 42.4 Å². The van der Waals surface area contributed by atoms with Gasteiger partial charge in [0.15, 0.2) is 5.13 Å². The van der Waals surface area contributed by atoms with Crippen molar-refractivity contribution in [2.45, 2.75) is 38.1 Å². The van der Waals surface area contributed by atoms with Gasteiger partial charge in [-0.3, -0.25) is 4.79 Å². The maximum atomic E-state index is 12.7. The van der Waals surface area contributed by atoms with Crippen LogP contribution in [0.1, 0.15) is 55.8 Å². The summed E-state index contributed by atoms with van der Waals surface area (Å²) in [5.74, 6) is -1.32. The number of nitrogen functional groups attached to an aromatic ring is 1. The highest BCUT2D eigenvalue weighted by atomic mass is 32.1. The Morgan fingerprint density at radius 3 is 2.68 bits per heavy atom. The minimum absolute atomic E-state index is 0.0215. The normalized spacial score (nSPS) is 18.6. The molecule has 1 heterocycles. The number of anilines is 2. The summed E-state index contributed by atoms with van der Waals surface area (Å²) in [6.07, 6.45) is -10.2. The van der Waals surface area contributed by atoms with Crippen molar-refractivity contribution in [1.82, 2.24) is 4.98 Å². The monoisotopic (exact) mass is 405 g/mol. The van der Waals surface area contributed by atoms with Crippen molar-refractivity contribution < 1.29 is 23.6 Å². The summed E-state index contributed by atoms with van der Waals surface area (Å²) in [6, 6.07) is 4.76. The maximum absolute atomic E-state index is 12.7. The first-order valence-corrected chi connectivity index (χ1v) is 9.25. The molecule has 0 unspecified atom stereocenters. The van der Waals surface area contributed by atoms with Crippen molar-refractivity contribution in [2.24, 2.45) is 0 Å². The predicted octanol–water partition coefficient (Wildman–Crippen LogP) is 4.35. The van der Waals surface area contributed by atoms with Crippen LogP contribution in [-0.2, 0) is 17.5 Å². The van der Waals surface area contributed by atoms with Crippen LogP contribution in [0, 0.1) is 0 Å². The highest BCUT2D eigenvalue weighted by molar-refractivity contribution is 7.13. The first-order valence-electron chi connectivity index (χ1n) is 13.4. The van der Waals surface area contributed by atoms with Gasteiger partial charge in [0.1, 0.15) is 0 Å². The lowest BCUT2D eigenvalue weighted by atomic mass is 10.0. The SMILES string of the molecule is [2H]c1c([2H])c(C([2H])([2H])CCC([2H])([2H])[C@H](O)c2ccccc2)c([2H])c([2H])c1NC(=O)C([2H])([2H])c1csc(N)n1. The number of hydrogen-bond donors (Lipinski definition) is 3. The molecule has 0 fully saturated rings. The lowest BCUT2D eigenvalue weighted by molar-refractivity contribution is -0.115. The second-order valence-electron chi connectivity index (χ2n) is 5.59. The third-order valence-electron chi connectivity index (χ3n) is 3.51. The number of carbonyl (C=O) groups excluding carboxylic acids is 1. The zero-order valence-corrected chi connectivity index (χ0v) is 15.6. The van der Waals surface area contributed by atoms with Crippen LogP contribution in [0.25, 0.3) is 0 Å². The van der Waals surface area contributed by atoms with Crippen molar-refractivity contribution in [2.75, 3.05) is 11.1 Å².